The van der Waals surface area contributed by atoms with Gasteiger partial charge in [0, 0.05) is 11.8 Å². The van der Waals surface area contributed by atoms with Gasteiger partial charge in [0.15, 0.2) is 9.84 Å². The molecule has 2 aromatic heterocycles. The first-order chi connectivity index (χ1) is 11.8. The van der Waals surface area contributed by atoms with Gasteiger partial charge >= 0.3 is 0 Å². The third-order valence-corrected chi connectivity index (χ3v) is 7.72. The lowest BCUT2D eigenvalue weighted by Gasteiger charge is -2.09. The molecule has 7 nitrogen and oxygen atoms in total. The van der Waals surface area contributed by atoms with Crippen LogP contribution in [0, 0.1) is 5.92 Å². The van der Waals surface area contributed by atoms with Gasteiger partial charge in [-0.2, -0.15) is 0 Å². The topological polar surface area (TPSA) is 105 Å². The third-order valence-electron chi connectivity index (χ3n) is 3.64. The Hall–Kier alpha value is -1.49. The lowest BCUT2D eigenvalue weighted by molar-refractivity contribution is -0.122. The molecule has 1 saturated heterocycles. The summed E-state index contributed by atoms with van der Waals surface area (Å²) < 4.78 is 23.4. The maximum atomic E-state index is 12.0. The quantitative estimate of drug-likeness (QED) is 0.738. The molecule has 134 valence electrons. The molecule has 3 heterocycles. The largest absolute Gasteiger partial charge is 0.289 e. The van der Waals surface area contributed by atoms with Crippen molar-refractivity contribution in [2.75, 3.05) is 11.5 Å². The molecule has 0 aromatic carbocycles. The van der Waals surface area contributed by atoms with Crippen molar-refractivity contribution in [2.24, 2.45) is 5.92 Å². The number of aromatic nitrogens is 1. The zero-order valence-electron chi connectivity index (χ0n) is 12.8. The molecule has 2 aromatic rings. The van der Waals surface area contributed by atoms with Gasteiger partial charge in [-0.1, -0.05) is 11.6 Å². The number of nitrogens with one attached hydrogen (secondary N) is 2. The summed E-state index contributed by atoms with van der Waals surface area (Å²) in [4.78, 5) is 28.9. The predicted molar refractivity (Wildman–Crippen MR) is 97.4 cm³/mol. The molecule has 1 unspecified atom stereocenters. The fourth-order valence-corrected chi connectivity index (χ4v) is 6.23. The van der Waals surface area contributed by atoms with E-state index >= 15 is 0 Å². The molecule has 0 bridgehead atoms. The van der Waals surface area contributed by atoms with Crippen LogP contribution in [-0.2, 0) is 14.6 Å². The second kappa shape index (κ2) is 7.40. The number of hydrazine groups is 1. The van der Waals surface area contributed by atoms with Crippen molar-refractivity contribution in [1.29, 1.82) is 0 Å². The third kappa shape index (κ3) is 4.78. The van der Waals surface area contributed by atoms with Gasteiger partial charge in [0.1, 0.15) is 10.7 Å². The molecule has 3 rings (SSSR count). The van der Waals surface area contributed by atoms with Crippen LogP contribution in [0.25, 0.3) is 9.88 Å². The fraction of sp³-hybridized carbons (Fsp3) is 0.357. The van der Waals surface area contributed by atoms with Gasteiger partial charge in [-0.15, -0.1) is 22.7 Å². The molecule has 1 aliphatic rings. The Morgan fingerprint density at radius 1 is 1.32 bits per heavy atom. The van der Waals surface area contributed by atoms with Gasteiger partial charge in [0.2, 0.25) is 5.91 Å². The molecule has 2 N–H and O–H groups in total. The average Bonchev–Trinajstić information content (AvgIpc) is 3.25. The van der Waals surface area contributed by atoms with Crippen LogP contribution >= 0.6 is 34.3 Å². The van der Waals surface area contributed by atoms with Crippen LogP contribution in [0.1, 0.15) is 23.3 Å². The Kier molecular flexibility index (Phi) is 5.42. The van der Waals surface area contributed by atoms with Crippen molar-refractivity contribution in [2.45, 2.75) is 12.8 Å². The van der Waals surface area contributed by atoms with E-state index in [1.807, 2.05) is 6.07 Å². The van der Waals surface area contributed by atoms with Crippen molar-refractivity contribution in [3.8, 4) is 9.88 Å². The van der Waals surface area contributed by atoms with E-state index in [0.29, 0.717) is 15.8 Å². The smallest absolute Gasteiger partial charge is 0.273 e. The summed E-state index contributed by atoms with van der Waals surface area (Å²) in [5.74, 6) is -1.01. The number of amides is 2. The molecular weight excluding hydrogens is 406 g/mol. The SMILES string of the molecule is O=C(CC1CCS(=O)(=O)C1)NNC(=O)c1csc(-c2ccc(Cl)s2)n1. The summed E-state index contributed by atoms with van der Waals surface area (Å²) in [6.45, 7) is 0. The Balaban J connectivity index is 1.51. The second-order valence-corrected chi connectivity index (χ2v) is 10.4. The molecule has 0 aliphatic carbocycles. The number of thiazole rings is 1. The minimum absolute atomic E-state index is 0.0210. The van der Waals surface area contributed by atoms with Gasteiger partial charge in [-0.3, -0.25) is 20.4 Å². The van der Waals surface area contributed by atoms with Crippen molar-refractivity contribution < 1.29 is 18.0 Å². The van der Waals surface area contributed by atoms with Crippen LogP contribution in [0.3, 0.4) is 0 Å². The molecular formula is C14H14ClN3O4S3. The number of carbonyl (C=O) groups excluding carboxylic acids is 2. The maximum Gasteiger partial charge on any atom is 0.289 e. The van der Waals surface area contributed by atoms with E-state index in [4.69, 9.17) is 11.6 Å². The Morgan fingerprint density at radius 2 is 2.12 bits per heavy atom. The average molecular weight is 420 g/mol. The Morgan fingerprint density at radius 3 is 2.76 bits per heavy atom. The summed E-state index contributed by atoms with van der Waals surface area (Å²) >= 11 is 8.55. The van der Waals surface area contributed by atoms with Gasteiger partial charge < -0.3 is 0 Å². The van der Waals surface area contributed by atoms with Crippen LogP contribution in [0.4, 0.5) is 0 Å². The van der Waals surface area contributed by atoms with E-state index in [9.17, 15) is 18.0 Å². The molecule has 1 atom stereocenters. The van der Waals surface area contributed by atoms with E-state index in [1.165, 1.54) is 22.7 Å². The van der Waals surface area contributed by atoms with E-state index in [0.717, 1.165) is 4.88 Å². The van der Waals surface area contributed by atoms with Crippen molar-refractivity contribution in [3.63, 3.8) is 0 Å². The number of hydrogen-bond acceptors (Lipinski definition) is 7. The second-order valence-electron chi connectivity index (χ2n) is 5.62. The summed E-state index contributed by atoms with van der Waals surface area (Å²) in [6.07, 6.45) is 0.540. The highest BCUT2D eigenvalue weighted by atomic mass is 35.5. The maximum absolute atomic E-state index is 12.0. The van der Waals surface area contributed by atoms with Crippen molar-refractivity contribution in [1.82, 2.24) is 15.8 Å². The monoisotopic (exact) mass is 419 g/mol. The van der Waals surface area contributed by atoms with Crippen molar-refractivity contribution in [3.05, 3.63) is 27.5 Å². The van der Waals surface area contributed by atoms with E-state index in [2.05, 4.69) is 15.8 Å². The fourth-order valence-electron chi connectivity index (χ4n) is 2.46. The number of hydrogen-bond donors (Lipinski definition) is 2. The number of rotatable bonds is 4. The standard InChI is InChI=1S/C14H14ClN3O4S3/c15-11-2-1-10(24-11)14-16-9(6-23-14)13(20)18-17-12(19)5-8-3-4-25(21,22)7-8/h1-2,6,8H,3-5,7H2,(H,17,19)(H,18,20). The molecule has 2 amide bonds. The minimum atomic E-state index is -3.02. The van der Waals surface area contributed by atoms with E-state index < -0.39 is 21.7 Å². The molecule has 25 heavy (non-hydrogen) atoms. The zero-order valence-corrected chi connectivity index (χ0v) is 16.0. The highest BCUT2D eigenvalue weighted by Gasteiger charge is 2.29. The molecule has 1 aliphatic heterocycles. The summed E-state index contributed by atoms with van der Waals surface area (Å²) in [5.41, 5.74) is 4.79. The Labute approximate surface area is 157 Å². The normalized spacial score (nSPS) is 18.8. The predicted octanol–water partition coefficient (Wildman–Crippen LogP) is 2.11. The number of carbonyl (C=O) groups is 2. The van der Waals surface area contributed by atoms with Crippen LogP contribution in [0.5, 0.6) is 0 Å². The van der Waals surface area contributed by atoms with E-state index in [-0.39, 0.29) is 29.5 Å². The molecule has 0 saturated carbocycles. The summed E-state index contributed by atoms with van der Waals surface area (Å²) in [6, 6.07) is 3.58. The first-order valence-corrected chi connectivity index (χ1v) is 11.2. The number of nitrogens with zero attached hydrogens (tertiary/aromatic N) is 1. The molecule has 11 heteroatoms. The van der Waals surface area contributed by atoms with Crippen LogP contribution in [0.2, 0.25) is 4.34 Å². The van der Waals surface area contributed by atoms with Crippen molar-refractivity contribution >= 4 is 55.9 Å². The van der Waals surface area contributed by atoms with E-state index in [1.54, 1.807) is 11.4 Å². The highest BCUT2D eigenvalue weighted by molar-refractivity contribution is 7.91. The molecule has 1 fully saturated rings. The molecule has 0 radical (unpaired) electrons. The van der Waals surface area contributed by atoms with Crippen LogP contribution < -0.4 is 10.9 Å². The Bertz CT molecular complexity index is 906. The number of thiophene rings is 1. The number of sulfone groups is 1. The minimum Gasteiger partial charge on any atom is -0.273 e. The highest BCUT2D eigenvalue weighted by Crippen LogP contribution is 2.32. The van der Waals surface area contributed by atoms with Gasteiger partial charge in [-0.25, -0.2) is 13.4 Å². The lowest BCUT2D eigenvalue weighted by Crippen LogP contribution is -2.42. The lowest BCUT2D eigenvalue weighted by atomic mass is 10.1. The first-order valence-electron chi connectivity index (χ1n) is 7.33. The van der Waals surface area contributed by atoms with Crippen LogP contribution in [0.15, 0.2) is 17.5 Å². The van der Waals surface area contributed by atoms with Crippen LogP contribution in [-0.4, -0.2) is 36.7 Å². The molecule has 0 spiro atoms. The zero-order chi connectivity index (χ0) is 18.0. The van der Waals surface area contributed by atoms with Gasteiger partial charge in [-0.05, 0) is 24.5 Å². The summed E-state index contributed by atoms with van der Waals surface area (Å²) in [7, 11) is -3.02. The summed E-state index contributed by atoms with van der Waals surface area (Å²) in [5, 5.41) is 2.26. The van der Waals surface area contributed by atoms with Gasteiger partial charge in [0.05, 0.1) is 20.7 Å². The van der Waals surface area contributed by atoms with Gasteiger partial charge in [0.25, 0.3) is 5.91 Å². The first kappa shape index (κ1) is 18.3. The number of halogens is 1.